The molecule has 1 heterocycles. The van der Waals surface area contributed by atoms with E-state index in [0.29, 0.717) is 35.7 Å². The van der Waals surface area contributed by atoms with E-state index < -0.39 is 10.0 Å². The van der Waals surface area contributed by atoms with Crippen LogP contribution in [0, 0.1) is 0 Å². The molecule has 166 valence electrons. The van der Waals surface area contributed by atoms with Crippen molar-refractivity contribution in [2.45, 2.75) is 17.0 Å². The highest BCUT2D eigenvalue weighted by Crippen LogP contribution is 2.24. The Bertz CT molecular complexity index is 1100. The van der Waals surface area contributed by atoms with Crippen molar-refractivity contribution < 1.29 is 17.9 Å². The van der Waals surface area contributed by atoms with E-state index >= 15 is 0 Å². The Morgan fingerprint density at radius 2 is 1.61 bits per heavy atom. The highest BCUT2D eigenvalue weighted by Gasteiger charge is 2.17. The van der Waals surface area contributed by atoms with Crippen molar-refractivity contribution in [3.63, 3.8) is 0 Å². The van der Waals surface area contributed by atoms with E-state index in [-0.39, 0.29) is 4.90 Å². The Morgan fingerprint density at radius 1 is 1.00 bits per heavy atom. The van der Waals surface area contributed by atoms with Gasteiger partial charge < -0.3 is 15.3 Å². The molecule has 0 aliphatic carbocycles. The monoisotopic (exact) mass is 463 g/mol. The summed E-state index contributed by atoms with van der Waals surface area (Å²) in [5.41, 5.74) is 0.842. The molecule has 0 aliphatic heterocycles. The summed E-state index contributed by atoms with van der Waals surface area (Å²) in [6, 6.07) is 13.8. The second-order valence-corrected chi connectivity index (χ2v) is 9.80. The Balaban J connectivity index is 1.53. The lowest BCUT2D eigenvalue weighted by Crippen LogP contribution is -2.22. The Hall–Kier alpha value is -2.76. The number of benzene rings is 2. The summed E-state index contributed by atoms with van der Waals surface area (Å²) in [6.45, 7) is 2.94. The van der Waals surface area contributed by atoms with Crippen molar-refractivity contribution in [2.75, 3.05) is 38.9 Å². The fourth-order valence-corrected chi connectivity index (χ4v) is 4.23. The molecule has 0 saturated heterocycles. The van der Waals surface area contributed by atoms with E-state index in [1.165, 1.54) is 47.0 Å². The van der Waals surface area contributed by atoms with E-state index in [0.717, 1.165) is 11.3 Å². The zero-order valence-electron chi connectivity index (χ0n) is 17.6. The van der Waals surface area contributed by atoms with Crippen LogP contribution >= 0.6 is 11.8 Å². The molecule has 11 heteroatoms. The summed E-state index contributed by atoms with van der Waals surface area (Å²) in [7, 11) is -0.462. The smallest absolute Gasteiger partial charge is 0.242 e. The summed E-state index contributed by atoms with van der Waals surface area (Å²) in [6.07, 6.45) is 0. The lowest BCUT2D eigenvalue weighted by molar-refractivity contribution is 0.340. The highest BCUT2D eigenvalue weighted by molar-refractivity contribution is 7.99. The van der Waals surface area contributed by atoms with Crippen LogP contribution in [0.4, 0.5) is 0 Å². The van der Waals surface area contributed by atoms with Gasteiger partial charge in [0, 0.05) is 25.4 Å². The van der Waals surface area contributed by atoms with Crippen LogP contribution in [0.2, 0.25) is 0 Å². The Morgan fingerprint density at radius 3 is 2.23 bits per heavy atom. The minimum Gasteiger partial charge on any atom is -0.494 e. The maximum atomic E-state index is 12.1. The minimum atomic E-state index is -3.45. The van der Waals surface area contributed by atoms with Gasteiger partial charge in [0.2, 0.25) is 15.2 Å². The number of nitrogens with two attached hydrogens (primary N) is 1. The van der Waals surface area contributed by atoms with E-state index in [9.17, 15) is 8.42 Å². The van der Waals surface area contributed by atoms with Gasteiger partial charge >= 0.3 is 0 Å². The van der Waals surface area contributed by atoms with E-state index in [4.69, 9.17) is 15.3 Å². The van der Waals surface area contributed by atoms with Crippen LogP contribution in [-0.2, 0) is 10.0 Å². The molecule has 0 fully saturated rings. The third kappa shape index (κ3) is 5.49. The van der Waals surface area contributed by atoms with Crippen LogP contribution in [-0.4, -0.2) is 60.7 Å². The van der Waals surface area contributed by atoms with Gasteiger partial charge in [0.15, 0.2) is 5.82 Å². The highest BCUT2D eigenvalue weighted by atomic mass is 32.2. The van der Waals surface area contributed by atoms with Gasteiger partial charge in [0.1, 0.15) is 11.5 Å². The molecule has 0 saturated carbocycles. The number of hydrogen-bond acceptors (Lipinski definition) is 8. The molecule has 0 aliphatic rings. The van der Waals surface area contributed by atoms with Crippen LogP contribution in [0.1, 0.15) is 6.92 Å². The van der Waals surface area contributed by atoms with E-state index in [2.05, 4.69) is 10.2 Å². The van der Waals surface area contributed by atoms with Crippen molar-refractivity contribution >= 4 is 21.8 Å². The lowest BCUT2D eigenvalue weighted by atomic mass is 10.2. The molecule has 0 amide bonds. The van der Waals surface area contributed by atoms with Gasteiger partial charge in [0.25, 0.3) is 0 Å². The molecule has 0 spiro atoms. The SMILES string of the molecule is CCOc1ccc(-c2nnc(SCCOc3ccc(S(=O)(=O)N(C)C)cc3)n2N)cc1. The third-order valence-corrected chi connectivity index (χ3v) is 7.01. The van der Waals surface area contributed by atoms with E-state index in [1.807, 2.05) is 31.2 Å². The molecule has 31 heavy (non-hydrogen) atoms. The zero-order valence-corrected chi connectivity index (χ0v) is 19.2. The number of rotatable bonds is 10. The van der Waals surface area contributed by atoms with Gasteiger partial charge in [0.05, 0.1) is 18.1 Å². The van der Waals surface area contributed by atoms with Crippen LogP contribution in [0.15, 0.2) is 58.6 Å². The van der Waals surface area contributed by atoms with Crippen molar-refractivity contribution in [2.24, 2.45) is 0 Å². The molecular weight excluding hydrogens is 438 g/mol. The van der Waals surface area contributed by atoms with Gasteiger partial charge in [-0.05, 0) is 55.5 Å². The number of hydrogen-bond donors (Lipinski definition) is 1. The number of sulfonamides is 1. The van der Waals surface area contributed by atoms with Crippen LogP contribution in [0.5, 0.6) is 11.5 Å². The van der Waals surface area contributed by atoms with Crippen LogP contribution < -0.4 is 15.3 Å². The standard InChI is InChI=1S/C20H25N5O4S2/c1-4-28-16-7-5-15(6-8-16)19-22-23-20(25(19)21)30-14-13-29-17-9-11-18(12-10-17)31(26,27)24(2)3/h5-12H,4,13-14,21H2,1-3H3. The molecule has 3 aromatic rings. The van der Waals surface area contributed by atoms with Gasteiger partial charge in [-0.2, -0.15) is 0 Å². The molecule has 0 unspecified atom stereocenters. The van der Waals surface area contributed by atoms with Crippen LogP contribution in [0.25, 0.3) is 11.4 Å². The predicted octanol–water partition coefficient (Wildman–Crippen LogP) is 2.48. The molecule has 0 bridgehead atoms. The molecule has 2 aromatic carbocycles. The van der Waals surface area contributed by atoms with Crippen molar-refractivity contribution in [3.8, 4) is 22.9 Å². The number of ether oxygens (including phenoxy) is 2. The van der Waals surface area contributed by atoms with Gasteiger partial charge in [-0.1, -0.05) is 11.8 Å². The molecule has 1 aromatic heterocycles. The largest absolute Gasteiger partial charge is 0.494 e. The molecule has 9 nitrogen and oxygen atoms in total. The van der Waals surface area contributed by atoms with Crippen LogP contribution in [0.3, 0.4) is 0 Å². The first-order chi connectivity index (χ1) is 14.8. The summed E-state index contributed by atoms with van der Waals surface area (Å²) in [5.74, 6) is 8.67. The first kappa shape index (κ1) is 22.9. The topological polar surface area (TPSA) is 113 Å². The van der Waals surface area contributed by atoms with Crippen molar-refractivity contribution in [1.82, 2.24) is 19.2 Å². The van der Waals surface area contributed by atoms with Crippen molar-refractivity contribution in [1.29, 1.82) is 0 Å². The van der Waals surface area contributed by atoms with Gasteiger partial charge in [-0.25, -0.2) is 17.4 Å². The fraction of sp³-hybridized carbons (Fsp3) is 0.300. The first-order valence-electron chi connectivity index (χ1n) is 9.55. The summed E-state index contributed by atoms with van der Waals surface area (Å²) >= 11 is 1.42. The van der Waals surface area contributed by atoms with Gasteiger partial charge in [-0.15, -0.1) is 10.2 Å². The molecule has 0 atom stereocenters. The minimum absolute atomic E-state index is 0.220. The maximum absolute atomic E-state index is 12.1. The lowest BCUT2D eigenvalue weighted by Gasteiger charge is -2.12. The van der Waals surface area contributed by atoms with Gasteiger partial charge in [-0.3, -0.25) is 0 Å². The summed E-state index contributed by atoms with van der Waals surface area (Å²) < 4.78 is 37.9. The fourth-order valence-electron chi connectivity index (χ4n) is 2.65. The zero-order chi connectivity index (χ0) is 22.4. The molecule has 2 N–H and O–H groups in total. The number of aromatic nitrogens is 3. The average Bonchev–Trinajstić information content (AvgIpc) is 3.12. The second-order valence-electron chi connectivity index (χ2n) is 6.59. The molecule has 3 rings (SSSR count). The number of thioether (sulfide) groups is 1. The number of nitrogen functional groups attached to an aromatic ring is 1. The third-order valence-electron chi connectivity index (χ3n) is 4.27. The number of nitrogens with zero attached hydrogens (tertiary/aromatic N) is 4. The Labute approximate surface area is 186 Å². The van der Waals surface area contributed by atoms with Crippen molar-refractivity contribution in [3.05, 3.63) is 48.5 Å². The van der Waals surface area contributed by atoms with E-state index in [1.54, 1.807) is 12.1 Å². The molecule has 0 radical (unpaired) electrons. The average molecular weight is 464 g/mol. The maximum Gasteiger partial charge on any atom is 0.242 e. The molecular formula is C20H25N5O4S2. The first-order valence-corrected chi connectivity index (χ1v) is 12.0. The Kier molecular flexibility index (Phi) is 7.42. The normalized spacial score (nSPS) is 11.6. The summed E-state index contributed by atoms with van der Waals surface area (Å²) in [4.78, 5) is 0.220. The quantitative estimate of drug-likeness (QED) is 0.277. The second kappa shape index (κ2) is 10.0. The predicted molar refractivity (Wildman–Crippen MR) is 120 cm³/mol. The summed E-state index contributed by atoms with van der Waals surface area (Å²) in [5, 5.41) is 8.88.